The highest BCUT2D eigenvalue weighted by molar-refractivity contribution is 7.80. The SMILES string of the molecule is C=C(C)COc1cccc(NC(=S)NC(=O)c2ccc(C(C)C)cc2)c1. The minimum absolute atomic E-state index is 0.236. The first kappa shape index (κ1) is 19.7. The molecule has 0 spiro atoms. The van der Waals surface area contributed by atoms with Gasteiger partial charge in [0.2, 0.25) is 0 Å². The maximum Gasteiger partial charge on any atom is 0.257 e. The van der Waals surface area contributed by atoms with E-state index in [0.29, 0.717) is 23.8 Å². The van der Waals surface area contributed by atoms with Crippen molar-refractivity contribution >= 4 is 28.9 Å². The van der Waals surface area contributed by atoms with Gasteiger partial charge in [-0.05, 0) is 60.5 Å². The molecule has 5 heteroatoms. The second-order valence-corrected chi connectivity index (χ2v) is 6.87. The van der Waals surface area contributed by atoms with E-state index in [1.807, 2.05) is 43.3 Å². The summed E-state index contributed by atoms with van der Waals surface area (Å²) in [6, 6.07) is 14.9. The molecule has 0 unspecified atom stereocenters. The molecule has 2 aromatic carbocycles. The Kier molecular flexibility index (Phi) is 6.92. The standard InChI is InChI=1S/C21H24N2O2S/c1-14(2)13-25-19-7-5-6-18(12-19)22-21(26)23-20(24)17-10-8-16(9-11-17)15(3)4/h5-12,15H,1,13H2,2-4H3,(H2,22,23,24,26). The molecule has 0 heterocycles. The van der Waals surface area contributed by atoms with E-state index in [0.717, 1.165) is 11.3 Å². The largest absolute Gasteiger partial charge is 0.489 e. The van der Waals surface area contributed by atoms with E-state index < -0.39 is 0 Å². The smallest absolute Gasteiger partial charge is 0.257 e. The van der Waals surface area contributed by atoms with Crippen LogP contribution in [0, 0.1) is 0 Å². The number of ether oxygens (including phenoxy) is 1. The highest BCUT2D eigenvalue weighted by Crippen LogP contribution is 2.18. The lowest BCUT2D eigenvalue weighted by atomic mass is 10.0. The molecule has 0 fully saturated rings. The van der Waals surface area contributed by atoms with Gasteiger partial charge in [-0.1, -0.05) is 38.6 Å². The number of rotatable bonds is 6. The van der Waals surface area contributed by atoms with Gasteiger partial charge in [0, 0.05) is 17.3 Å². The lowest BCUT2D eigenvalue weighted by molar-refractivity contribution is 0.0977. The third kappa shape index (κ3) is 6.01. The Balaban J connectivity index is 1.94. The molecule has 2 rings (SSSR count). The van der Waals surface area contributed by atoms with Gasteiger partial charge >= 0.3 is 0 Å². The molecule has 0 saturated carbocycles. The second-order valence-electron chi connectivity index (χ2n) is 6.46. The zero-order valence-electron chi connectivity index (χ0n) is 15.3. The molecule has 0 radical (unpaired) electrons. The van der Waals surface area contributed by atoms with E-state index in [-0.39, 0.29) is 11.0 Å². The van der Waals surface area contributed by atoms with Crippen molar-refractivity contribution in [3.63, 3.8) is 0 Å². The summed E-state index contributed by atoms with van der Waals surface area (Å²) in [7, 11) is 0. The first-order valence-corrected chi connectivity index (χ1v) is 8.85. The minimum Gasteiger partial charge on any atom is -0.489 e. The van der Waals surface area contributed by atoms with E-state index in [1.54, 1.807) is 12.1 Å². The molecule has 26 heavy (non-hydrogen) atoms. The number of nitrogens with one attached hydrogen (secondary N) is 2. The van der Waals surface area contributed by atoms with Crippen LogP contribution in [0.25, 0.3) is 0 Å². The van der Waals surface area contributed by atoms with E-state index in [2.05, 4.69) is 31.1 Å². The van der Waals surface area contributed by atoms with Crippen LogP contribution >= 0.6 is 12.2 Å². The zero-order chi connectivity index (χ0) is 19.1. The number of benzene rings is 2. The predicted octanol–water partition coefficient (Wildman–Crippen LogP) is 4.89. The monoisotopic (exact) mass is 368 g/mol. The van der Waals surface area contributed by atoms with Gasteiger partial charge < -0.3 is 10.1 Å². The van der Waals surface area contributed by atoms with Gasteiger partial charge in [-0.25, -0.2) is 0 Å². The fraction of sp³-hybridized carbons (Fsp3) is 0.238. The zero-order valence-corrected chi connectivity index (χ0v) is 16.2. The predicted molar refractivity (Wildman–Crippen MR) is 111 cm³/mol. The Morgan fingerprint density at radius 1 is 1.19 bits per heavy atom. The Hall–Kier alpha value is -2.66. The van der Waals surface area contributed by atoms with Crippen LogP contribution in [0.4, 0.5) is 5.69 Å². The van der Waals surface area contributed by atoms with Crippen molar-refractivity contribution < 1.29 is 9.53 Å². The number of anilines is 1. The summed E-state index contributed by atoms with van der Waals surface area (Å²) < 4.78 is 5.60. The van der Waals surface area contributed by atoms with Crippen molar-refractivity contribution in [1.29, 1.82) is 0 Å². The number of thiocarbonyl (C=S) groups is 1. The van der Waals surface area contributed by atoms with Gasteiger partial charge in [-0.2, -0.15) is 0 Å². The third-order valence-electron chi connectivity index (χ3n) is 3.64. The molecule has 136 valence electrons. The van der Waals surface area contributed by atoms with Crippen molar-refractivity contribution in [2.45, 2.75) is 26.7 Å². The second kappa shape index (κ2) is 9.15. The van der Waals surface area contributed by atoms with E-state index in [9.17, 15) is 4.79 Å². The Morgan fingerprint density at radius 2 is 1.88 bits per heavy atom. The molecule has 2 aromatic rings. The topological polar surface area (TPSA) is 50.4 Å². The minimum atomic E-state index is -0.243. The van der Waals surface area contributed by atoms with Crippen molar-refractivity contribution in [3.8, 4) is 5.75 Å². The average Bonchev–Trinajstić information content (AvgIpc) is 2.60. The van der Waals surface area contributed by atoms with Crippen molar-refractivity contribution in [1.82, 2.24) is 5.32 Å². The molecule has 0 aliphatic carbocycles. The molecular weight excluding hydrogens is 344 g/mol. The number of hydrogen-bond acceptors (Lipinski definition) is 3. The van der Waals surface area contributed by atoms with Gasteiger partial charge in [0.1, 0.15) is 12.4 Å². The summed E-state index contributed by atoms with van der Waals surface area (Å²) in [5.74, 6) is 0.887. The molecule has 0 aliphatic rings. The van der Waals surface area contributed by atoms with Crippen LogP contribution in [-0.2, 0) is 0 Å². The molecule has 0 aliphatic heterocycles. The Bertz CT molecular complexity index is 798. The molecule has 4 nitrogen and oxygen atoms in total. The molecule has 1 amide bonds. The quantitative estimate of drug-likeness (QED) is 0.563. The Morgan fingerprint density at radius 3 is 2.50 bits per heavy atom. The number of carbonyl (C=O) groups is 1. The van der Waals surface area contributed by atoms with Gasteiger partial charge in [0.15, 0.2) is 5.11 Å². The van der Waals surface area contributed by atoms with Gasteiger partial charge in [-0.15, -0.1) is 0 Å². The number of hydrogen-bond donors (Lipinski definition) is 2. The lowest BCUT2D eigenvalue weighted by Crippen LogP contribution is -2.34. The number of amides is 1. The van der Waals surface area contributed by atoms with Crippen LogP contribution in [0.15, 0.2) is 60.7 Å². The van der Waals surface area contributed by atoms with Crippen LogP contribution in [0.3, 0.4) is 0 Å². The molecule has 0 bridgehead atoms. The van der Waals surface area contributed by atoms with Crippen molar-refractivity contribution in [2.24, 2.45) is 0 Å². The normalized spacial score (nSPS) is 10.3. The fourth-order valence-electron chi connectivity index (χ4n) is 2.23. The molecule has 2 N–H and O–H groups in total. The lowest BCUT2D eigenvalue weighted by Gasteiger charge is -2.12. The highest BCUT2D eigenvalue weighted by Gasteiger charge is 2.09. The third-order valence-corrected chi connectivity index (χ3v) is 3.85. The summed E-state index contributed by atoms with van der Waals surface area (Å²) >= 11 is 5.23. The van der Waals surface area contributed by atoms with Crippen molar-refractivity contribution in [2.75, 3.05) is 11.9 Å². The van der Waals surface area contributed by atoms with Gasteiger partial charge in [-0.3, -0.25) is 10.1 Å². The van der Waals surface area contributed by atoms with Crippen LogP contribution in [0.1, 0.15) is 42.6 Å². The maximum absolute atomic E-state index is 12.3. The molecular formula is C21H24N2O2S. The maximum atomic E-state index is 12.3. The fourth-order valence-corrected chi connectivity index (χ4v) is 2.44. The Labute approximate surface area is 160 Å². The summed E-state index contributed by atoms with van der Waals surface area (Å²) in [5.41, 5.74) is 3.44. The van der Waals surface area contributed by atoms with Crippen molar-refractivity contribution in [3.05, 3.63) is 71.8 Å². The average molecular weight is 369 g/mol. The summed E-state index contributed by atoms with van der Waals surface area (Å²) in [6.07, 6.45) is 0. The van der Waals surface area contributed by atoms with E-state index in [1.165, 1.54) is 5.56 Å². The van der Waals surface area contributed by atoms with Gasteiger partial charge in [0.25, 0.3) is 5.91 Å². The molecule has 0 atom stereocenters. The van der Waals surface area contributed by atoms with Crippen LogP contribution in [0.2, 0.25) is 0 Å². The van der Waals surface area contributed by atoms with Crippen LogP contribution in [-0.4, -0.2) is 17.6 Å². The number of carbonyl (C=O) groups excluding carboxylic acids is 1. The summed E-state index contributed by atoms with van der Waals surface area (Å²) in [5, 5.41) is 5.92. The highest BCUT2D eigenvalue weighted by atomic mass is 32.1. The first-order chi connectivity index (χ1) is 12.3. The summed E-state index contributed by atoms with van der Waals surface area (Å²) in [6.45, 7) is 10.4. The van der Waals surface area contributed by atoms with Gasteiger partial charge in [0.05, 0.1) is 0 Å². The van der Waals surface area contributed by atoms with E-state index >= 15 is 0 Å². The first-order valence-electron chi connectivity index (χ1n) is 8.44. The van der Waals surface area contributed by atoms with Crippen LogP contribution < -0.4 is 15.4 Å². The summed E-state index contributed by atoms with van der Waals surface area (Å²) in [4.78, 5) is 12.3. The molecule has 0 saturated heterocycles. The van der Waals surface area contributed by atoms with Crippen LogP contribution in [0.5, 0.6) is 5.75 Å². The van der Waals surface area contributed by atoms with E-state index in [4.69, 9.17) is 17.0 Å². The molecule has 0 aromatic heterocycles.